The molecule has 1 atom stereocenters. The van der Waals surface area contributed by atoms with Gasteiger partial charge in [0.25, 0.3) is 0 Å². The van der Waals surface area contributed by atoms with E-state index in [-0.39, 0.29) is 11.3 Å². The molecule has 3 nitrogen and oxygen atoms in total. The Hall–Kier alpha value is -1.68. The van der Waals surface area contributed by atoms with Crippen LogP contribution in [0.5, 0.6) is 0 Å². The van der Waals surface area contributed by atoms with E-state index in [1.54, 1.807) is 11.8 Å². The number of carbonyl (C=O) groups is 1. The highest BCUT2D eigenvalue weighted by molar-refractivity contribution is 8.00. The number of aromatic nitrogens is 1. The van der Waals surface area contributed by atoms with Gasteiger partial charge in [-0.2, -0.15) is 0 Å². The van der Waals surface area contributed by atoms with Gasteiger partial charge in [0.15, 0.2) is 0 Å². The van der Waals surface area contributed by atoms with Crippen molar-refractivity contribution in [3.05, 3.63) is 53.9 Å². The molecular formula is C15H16N2OS. The van der Waals surface area contributed by atoms with Crippen molar-refractivity contribution in [3.8, 4) is 5.69 Å². The molecule has 1 aromatic carbocycles. The lowest BCUT2D eigenvalue weighted by molar-refractivity contribution is -0.126. The van der Waals surface area contributed by atoms with Gasteiger partial charge in [0, 0.05) is 30.7 Å². The first-order valence-corrected chi connectivity index (χ1v) is 7.33. The molecule has 0 N–H and O–H groups in total. The molecule has 1 saturated heterocycles. The van der Waals surface area contributed by atoms with E-state index in [1.807, 2.05) is 24.1 Å². The van der Waals surface area contributed by atoms with Gasteiger partial charge >= 0.3 is 0 Å². The zero-order valence-corrected chi connectivity index (χ0v) is 11.9. The van der Waals surface area contributed by atoms with Crippen LogP contribution in [-0.4, -0.2) is 28.2 Å². The summed E-state index contributed by atoms with van der Waals surface area (Å²) in [7, 11) is 1.87. The number of rotatable bonds is 2. The lowest BCUT2D eigenvalue weighted by atomic mass is 10.2. The van der Waals surface area contributed by atoms with E-state index < -0.39 is 0 Å². The van der Waals surface area contributed by atoms with Gasteiger partial charge in [-0.15, -0.1) is 11.8 Å². The summed E-state index contributed by atoms with van der Waals surface area (Å²) in [6.07, 6.45) is 4.18. The second-order valence-electron chi connectivity index (χ2n) is 4.81. The van der Waals surface area contributed by atoms with Crippen LogP contribution in [-0.2, 0) is 4.79 Å². The predicted molar refractivity (Wildman–Crippen MR) is 78.5 cm³/mol. The molecule has 1 aliphatic rings. The van der Waals surface area contributed by atoms with Crippen molar-refractivity contribution < 1.29 is 4.79 Å². The maximum absolute atomic E-state index is 11.6. The minimum Gasteiger partial charge on any atom is -0.329 e. The van der Waals surface area contributed by atoms with Crippen LogP contribution in [0.15, 0.2) is 42.7 Å². The number of hydrogen-bond acceptors (Lipinski definition) is 2. The van der Waals surface area contributed by atoms with Crippen LogP contribution in [0.25, 0.3) is 5.69 Å². The van der Waals surface area contributed by atoms with E-state index in [0.29, 0.717) is 5.75 Å². The SMILES string of the molecule is Cc1ccccc1-n1ccc([C@@H]2SCC(=O)N2C)c1. The Labute approximate surface area is 117 Å². The largest absolute Gasteiger partial charge is 0.329 e. The Morgan fingerprint density at radius 2 is 2.05 bits per heavy atom. The van der Waals surface area contributed by atoms with Gasteiger partial charge in [-0.25, -0.2) is 0 Å². The number of nitrogens with zero attached hydrogens (tertiary/aromatic N) is 2. The maximum Gasteiger partial charge on any atom is 0.233 e. The molecule has 0 spiro atoms. The summed E-state index contributed by atoms with van der Waals surface area (Å²) in [5.74, 6) is 0.787. The third kappa shape index (κ3) is 2.16. The van der Waals surface area contributed by atoms with Crippen molar-refractivity contribution >= 4 is 17.7 Å². The van der Waals surface area contributed by atoms with E-state index in [4.69, 9.17) is 0 Å². The number of para-hydroxylation sites is 1. The first kappa shape index (κ1) is 12.4. The van der Waals surface area contributed by atoms with Crippen molar-refractivity contribution in [3.63, 3.8) is 0 Å². The van der Waals surface area contributed by atoms with E-state index in [2.05, 4.69) is 42.1 Å². The van der Waals surface area contributed by atoms with Crippen molar-refractivity contribution in [1.29, 1.82) is 0 Å². The quantitative estimate of drug-likeness (QED) is 0.839. The lowest BCUT2D eigenvalue weighted by Crippen LogP contribution is -2.22. The van der Waals surface area contributed by atoms with Gasteiger partial charge in [0.2, 0.25) is 5.91 Å². The van der Waals surface area contributed by atoms with Crippen LogP contribution >= 0.6 is 11.8 Å². The average molecular weight is 272 g/mol. The highest BCUT2D eigenvalue weighted by Crippen LogP contribution is 2.37. The van der Waals surface area contributed by atoms with E-state index >= 15 is 0 Å². The van der Waals surface area contributed by atoms with Gasteiger partial charge in [0.05, 0.1) is 5.75 Å². The molecule has 2 heterocycles. The van der Waals surface area contributed by atoms with Gasteiger partial charge in [-0.1, -0.05) is 18.2 Å². The molecule has 1 aliphatic heterocycles. The maximum atomic E-state index is 11.6. The Bertz CT molecular complexity index is 620. The Balaban J connectivity index is 1.92. The van der Waals surface area contributed by atoms with Gasteiger partial charge in [-0.05, 0) is 24.6 Å². The molecule has 0 unspecified atom stereocenters. The van der Waals surface area contributed by atoms with E-state index in [0.717, 1.165) is 0 Å². The van der Waals surface area contributed by atoms with Gasteiger partial charge in [0.1, 0.15) is 5.37 Å². The predicted octanol–water partition coefficient (Wildman–Crippen LogP) is 2.99. The zero-order valence-electron chi connectivity index (χ0n) is 11.0. The number of carbonyl (C=O) groups excluding carboxylic acids is 1. The molecule has 0 radical (unpaired) electrons. The minimum atomic E-state index is 0.151. The summed E-state index contributed by atoms with van der Waals surface area (Å²) in [6, 6.07) is 10.4. The molecule has 98 valence electrons. The summed E-state index contributed by atoms with van der Waals surface area (Å²) in [6.45, 7) is 2.11. The number of benzene rings is 1. The first-order chi connectivity index (χ1) is 9.16. The van der Waals surface area contributed by atoms with Crippen molar-refractivity contribution in [2.24, 2.45) is 0 Å². The molecular weight excluding hydrogens is 256 g/mol. The number of amides is 1. The molecule has 3 rings (SSSR count). The van der Waals surface area contributed by atoms with Crippen molar-refractivity contribution in [2.75, 3.05) is 12.8 Å². The van der Waals surface area contributed by atoms with Crippen LogP contribution in [0.4, 0.5) is 0 Å². The second-order valence-corrected chi connectivity index (χ2v) is 5.88. The minimum absolute atomic E-state index is 0.151. The molecule has 1 fully saturated rings. The summed E-state index contributed by atoms with van der Waals surface area (Å²) < 4.78 is 2.13. The second kappa shape index (κ2) is 4.78. The third-order valence-electron chi connectivity index (χ3n) is 3.50. The summed E-state index contributed by atoms with van der Waals surface area (Å²) in [5, 5.41) is 0.151. The van der Waals surface area contributed by atoms with Crippen molar-refractivity contribution in [2.45, 2.75) is 12.3 Å². The molecule has 2 aromatic rings. The fourth-order valence-electron chi connectivity index (χ4n) is 2.38. The number of aryl methyl sites for hydroxylation is 1. The van der Waals surface area contributed by atoms with Crippen molar-refractivity contribution in [1.82, 2.24) is 9.47 Å². The van der Waals surface area contributed by atoms with Gasteiger partial charge in [-0.3, -0.25) is 4.79 Å². The Morgan fingerprint density at radius 1 is 1.26 bits per heavy atom. The Kier molecular flexibility index (Phi) is 3.11. The normalized spacial score (nSPS) is 19.2. The molecule has 1 aromatic heterocycles. The summed E-state index contributed by atoms with van der Waals surface area (Å²) in [5.41, 5.74) is 3.61. The fraction of sp³-hybridized carbons (Fsp3) is 0.267. The van der Waals surface area contributed by atoms with E-state index in [9.17, 15) is 4.79 Å². The third-order valence-corrected chi connectivity index (χ3v) is 4.82. The molecule has 4 heteroatoms. The molecule has 0 bridgehead atoms. The number of thioether (sulfide) groups is 1. The monoisotopic (exact) mass is 272 g/mol. The topological polar surface area (TPSA) is 25.2 Å². The van der Waals surface area contributed by atoms with Gasteiger partial charge < -0.3 is 9.47 Å². The highest BCUT2D eigenvalue weighted by atomic mass is 32.2. The average Bonchev–Trinajstić information content (AvgIpc) is 2.99. The Morgan fingerprint density at radius 3 is 2.74 bits per heavy atom. The number of hydrogen-bond donors (Lipinski definition) is 0. The van der Waals surface area contributed by atoms with Crippen LogP contribution in [0.3, 0.4) is 0 Å². The van der Waals surface area contributed by atoms with Crippen LogP contribution < -0.4 is 0 Å². The summed E-state index contributed by atoms with van der Waals surface area (Å²) in [4.78, 5) is 13.4. The smallest absolute Gasteiger partial charge is 0.233 e. The fourth-order valence-corrected chi connectivity index (χ4v) is 3.55. The molecule has 1 amide bonds. The standard InChI is InChI=1S/C15H16N2OS/c1-11-5-3-4-6-13(11)17-8-7-12(9-17)15-16(2)14(18)10-19-15/h3-9,15H,10H2,1-2H3/t15-/m0/s1. The first-order valence-electron chi connectivity index (χ1n) is 6.28. The molecule has 19 heavy (non-hydrogen) atoms. The van der Waals surface area contributed by atoms with Crippen LogP contribution in [0.2, 0.25) is 0 Å². The van der Waals surface area contributed by atoms with E-state index in [1.165, 1.54) is 16.8 Å². The molecule has 0 aliphatic carbocycles. The highest BCUT2D eigenvalue weighted by Gasteiger charge is 2.30. The zero-order chi connectivity index (χ0) is 13.4. The summed E-state index contributed by atoms with van der Waals surface area (Å²) >= 11 is 1.69. The lowest BCUT2D eigenvalue weighted by Gasteiger charge is -2.17. The van der Waals surface area contributed by atoms with Crippen LogP contribution in [0, 0.1) is 6.92 Å². The van der Waals surface area contributed by atoms with Crippen LogP contribution in [0.1, 0.15) is 16.5 Å². The molecule has 0 saturated carbocycles.